The minimum Gasteiger partial charge on any atom is -0.497 e. The van der Waals surface area contributed by atoms with Gasteiger partial charge in [0.15, 0.2) is 5.82 Å². The van der Waals surface area contributed by atoms with E-state index in [0.29, 0.717) is 10.6 Å². The standard InChI is InChI=1S/C15H14N4OS2/c1-10-6-7-22-13(10)9-16-19-14(17-18-15(19)21)11-4-3-5-12(8-11)20-2/h3-9H,1-2H3,(H,18,21)/b16-9+. The maximum absolute atomic E-state index is 5.27. The summed E-state index contributed by atoms with van der Waals surface area (Å²) in [7, 11) is 1.63. The first-order chi connectivity index (χ1) is 10.7. The number of aromatic nitrogens is 3. The number of hydrogen-bond donors (Lipinski definition) is 1. The summed E-state index contributed by atoms with van der Waals surface area (Å²) in [5, 5.41) is 13.5. The molecule has 0 radical (unpaired) electrons. The Balaban J connectivity index is 2.02. The van der Waals surface area contributed by atoms with Crippen LogP contribution in [0.25, 0.3) is 11.4 Å². The zero-order valence-electron chi connectivity index (χ0n) is 12.1. The van der Waals surface area contributed by atoms with Crippen LogP contribution < -0.4 is 4.74 Å². The Labute approximate surface area is 136 Å². The molecule has 0 atom stereocenters. The van der Waals surface area contributed by atoms with E-state index in [1.807, 2.05) is 29.6 Å². The summed E-state index contributed by atoms with van der Waals surface area (Å²) >= 11 is 6.90. The van der Waals surface area contributed by atoms with E-state index in [4.69, 9.17) is 17.0 Å². The van der Waals surface area contributed by atoms with Crippen LogP contribution in [-0.2, 0) is 0 Å². The Bertz CT molecular complexity index is 876. The van der Waals surface area contributed by atoms with Crippen molar-refractivity contribution in [3.63, 3.8) is 0 Å². The van der Waals surface area contributed by atoms with Crippen molar-refractivity contribution in [2.75, 3.05) is 7.11 Å². The van der Waals surface area contributed by atoms with Crippen molar-refractivity contribution in [1.82, 2.24) is 14.9 Å². The molecule has 1 aromatic carbocycles. The normalized spacial score (nSPS) is 11.2. The fourth-order valence-electron chi connectivity index (χ4n) is 1.97. The number of H-pyrrole nitrogens is 1. The van der Waals surface area contributed by atoms with Crippen LogP contribution in [0.5, 0.6) is 5.75 Å². The fraction of sp³-hybridized carbons (Fsp3) is 0.133. The smallest absolute Gasteiger partial charge is 0.216 e. The summed E-state index contributed by atoms with van der Waals surface area (Å²) in [4.78, 5) is 1.10. The van der Waals surface area contributed by atoms with Crippen molar-refractivity contribution < 1.29 is 4.74 Å². The largest absolute Gasteiger partial charge is 0.497 e. The lowest BCUT2D eigenvalue weighted by Crippen LogP contribution is -1.95. The molecule has 0 bridgehead atoms. The second-order valence-electron chi connectivity index (χ2n) is 4.61. The fourth-order valence-corrected chi connectivity index (χ4v) is 2.93. The molecule has 7 heteroatoms. The summed E-state index contributed by atoms with van der Waals surface area (Å²) in [5.41, 5.74) is 2.07. The lowest BCUT2D eigenvalue weighted by atomic mass is 10.2. The van der Waals surface area contributed by atoms with Crippen LogP contribution in [0.1, 0.15) is 10.4 Å². The van der Waals surface area contributed by atoms with Crippen LogP contribution in [0.4, 0.5) is 0 Å². The highest BCUT2D eigenvalue weighted by Crippen LogP contribution is 2.22. The van der Waals surface area contributed by atoms with Crippen LogP contribution in [0.2, 0.25) is 0 Å². The molecule has 0 fully saturated rings. The van der Waals surface area contributed by atoms with Crippen LogP contribution in [0.15, 0.2) is 40.8 Å². The van der Waals surface area contributed by atoms with Crippen molar-refractivity contribution in [2.24, 2.45) is 5.10 Å². The quantitative estimate of drug-likeness (QED) is 0.583. The molecule has 3 aromatic rings. The molecular formula is C15H14N4OS2. The molecule has 2 aromatic heterocycles. The summed E-state index contributed by atoms with van der Waals surface area (Å²) in [6, 6.07) is 9.68. The first kappa shape index (κ1) is 14.7. The number of ether oxygens (including phenoxy) is 1. The highest BCUT2D eigenvalue weighted by Gasteiger charge is 2.09. The molecule has 0 unspecified atom stereocenters. The van der Waals surface area contributed by atoms with Gasteiger partial charge in [0.05, 0.1) is 18.2 Å². The molecule has 2 heterocycles. The minimum atomic E-state index is 0.447. The number of nitrogens with zero attached hydrogens (tertiary/aromatic N) is 3. The molecule has 0 saturated heterocycles. The van der Waals surface area contributed by atoms with Crippen molar-refractivity contribution >= 4 is 29.8 Å². The minimum absolute atomic E-state index is 0.447. The van der Waals surface area contributed by atoms with Crippen molar-refractivity contribution in [3.05, 3.63) is 50.9 Å². The zero-order chi connectivity index (χ0) is 15.5. The Morgan fingerprint density at radius 1 is 1.41 bits per heavy atom. The second kappa shape index (κ2) is 6.25. The van der Waals surface area contributed by atoms with Gasteiger partial charge in [-0.3, -0.25) is 0 Å². The van der Waals surface area contributed by atoms with Gasteiger partial charge in [0.25, 0.3) is 0 Å². The summed E-state index contributed by atoms with van der Waals surface area (Å²) in [6.45, 7) is 2.05. The van der Waals surface area contributed by atoms with Crippen molar-refractivity contribution in [3.8, 4) is 17.1 Å². The number of methoxy groups -OCH3 is 1. The van der Waals surface area contributed by atoms with Crippen LogP contribution in [0, 0.1) is 11.7 Å². The summed E-state index contributed by atoms with van der Waals surface area (Å²) in [6.07, 6.45) is 1.80. The number of rotatable bonds is 4. The maximum atomic E-state index is 5.27. The SMILES string of the molecule is COc1cccc(-c2n[nH]c(=S)n2/N=C/c2sccc2C)c1. The third-order valence-electron chi connectivity index (χ3n) is 3.17. The monoisotopic (exact) mass is 330 g/mol. The van der Waals surface area contributed by atoms with Gasteiger partial charge in [-0.1, -0.05) is 12.1 Å². The van der Waals surface area contributed by atoms with Crippen molar-refractivity contribution in [2.45, 2.75) is 6.92 Å². The Morgan fingerprint density at radius 2 is 2.27 bits per heavy atom. The van der Waals surface area contributed by atoms with Gasteiger partial charge < -0.3 is 4.74 Å². The van der Waals surface area contributed by atoms with E-state index in [2.05, 4.69) is 28.3 Å². The molecule has 3 rings (SSSR count). The van der Waals surface area contributed by atoms with Gasteiger partial charge in [-0.15, -0.1) is 11.3 Å². The summed E-state index contributed by atoms with van der Waals surface area (Å²) in [5.74, 6) is 1.41. The van der Waals surface area contributed by atoms with E-state index in [0.717, 1.165) is 16.2 Å². The van der Waals surface area contributed by atoms with Gasteiger partial charge in [0.1, 0.15) is 5.75 Å². The van der Waals surface area contributed by atoms with E-state index < -0.39 is 0 Å². The van der Waals surface area contributed by atoms with Gasteiger partial charge in [0.2, 0.25) is 4.77 Å². The number of nitrogens with one attached hydrogen (secondary N) is 1. The average molecular weight is 330 g/mol. The van der Waals surface area contributed by atoms with Gasteiger partial charge in [-0.25, -0.2) is 5.10 Å². The van der Waals surface area contributed by atoms with E-state index in [1.165, 1.54) is 5.56 Å². The van der Waals surface area contributed by atoms with E-state index in [9.17, 15) is 0 Å². The Hall–Kier alpha value is -2.25. The van der Waals surface area contributed by atoms with E-state index in [-0.39, 0.29) is 0 Å². The predicted molar refractivity (Wildman–Crippen MR) is 91.4 cm³/mol. The number of aromatic amines is 1. The van der Waals surface area contributed by atoms with E-state index in [1.54, 1.807) is 29.3 Å². The summed E-state index contributed by atoms with van der Waals surface area (Å²) < 4.78 is 7.31. The lowest BCUT2D eigenvalue weighted by Gasteiger charge is -2.03. The molecule has 22 heavy (non-hydrogen) atoms. The maximum Gasteiger partial charge on any atom is 0.216 e. The van der Waals surface area contributed by atoms with Crippen LogP contribution in [0.3, 0.4) is 0 Å². The second-order valence-corrected chi connectivity index (χ2v) is 5.94. The molecule has 0 amide bonds. The molecule has 0 aliphatic carbocycles. The average Bonchev–Trinajstić information content (AvgIpc) is 3.11. The van der Waals surface area contributed by atoms with Gasteiger partial charge >= 0.3 is 0 Å². The van der Waals surface area contributed by atoms with Crippen LogP contribution in [-0.4, -0.2) is 28.2 Å². The number of benzene rings is 1. The molecule has 5 nitrogen and oxygen atoms in total. The number of hydrogen-bond acceptors (Lipinski definition) is 5. The number of aryl methyl sites for hydroxylation is 1. The van der Waals surface area contributed by atoms with E-state index >= 15 is 0 Å². The van der Waals surface area contributed by atoms with Crippen LogP contribution >= 0.6 is 23.6 Å². The topological polar surface area (TPSA) is 55.2 Å². The Kier molecular flexibility index (Phi) is 4.17. The number of thiophene rings is 1. The first-order valence-electron chi connectivity index (χ1n) is 6.59. The zero-order valence-corrected chi connectivity index (χ0v) is 13.7. The molecule has 0 aliphatic heterocycles. The highest BCUT2D eigenvalue weighted by atomic mass is 32.1. The van der Waals surface area contributed by atoms with Crippen molar-refractivity contribution in [1.29, 1.82) is 0 Å². The molecule has 0 aliphatic rings. The van der Waals surface area contributed by atoms with Gasteiger partial charge in [-0.05, 0) is 48.3 Å². The molecule has 1 N–H and O–H groups in total. The van der Waals surface area contributed by atoms with Gasteiger partial charge in [-0.2, -0.15) is 14.9 Å². The first-order valence-corrected chi connectivity index (χ1v) is 7.88. The molecule has 0 spiro atoms. The third kappa shape index (κ3) is 2.86. The third-order valence-corrected chi connectivity index (χ3v) is 4.39. The predicted octanol–water partition coefficient (Wildman–Crippen LogP) is 3.87. The molecular weight excluding hydrogens is 316 g/mol. The lowest BCUT2D eigenvalue weighted by molar-refractivity contribution is 0.415. The molecule has 112 valence electrons. The Morgan fingerprint density at radius 3 is 3.00 bits per heavy atom. The molecule has 0 saturated carbocycles. The highest BCUT2D eigenvalue weighted by molar-refractivity contribution is 7.71. The van der Waals surface area contributed by atoms with Gasteiger partial charge in [0, 0.05) is 5.56 Å².